The van der Waals surface area contributed by atoms with Gasteiger partial charge in [0.1, 0.15) is 0 Å². The van der Waals surface area contributed by atoms with Crippen LogP contribution in [0.1, 0.15) is 19.8 Å². The van der Waals surface area contributed by atoms with Crippen molar-refractivity contribution in [2.24, 2.45) is 5.92 Å². The van der Waals surface area contributed by atoms with Gasteiger partial charge >= 0.3 is 0 Å². The molecule has 0 bridgehead atoms. The molecule has 1 saturated heterocycles. The van der Waals surface area contributed by atoms with Crippen LogP contribution in [-0.4, -0.2) is 34.0 Å². The van der Waals surface area contributed by atoms with Gasteiger partial charge in [0, 0.05) is 17.9 Å². The molecule has 0 radical (unpaired) electrons. The molecule has 1 aliphatic rings. The third-order valence-corrected chi connectivity index (χ3v) is 5.60. The second-order valence-corrected chi connectivity index (χ2v) is 8.01. The number of amides is 1. The lowest BCUT2D eigenvalue weighted by Crippen LogP contribution is -2.38. The first-order chi connectivity index (χ1) is 10.4. The summed E-state index contributed by atoms with van der Waals surface area (Å²) >= 11 is 3.28. The van der Waals surface area contributed by atoms with E-state index >= 15 is 0 Å². The molecule has 22 heavy (non-hydrogen) atoms. The Balaban J connectivity index is 2.05. The first-order valence-corrected chi connectivity index (χ1v) is 9.43. The molecule has 3 N–H and O–H groups in total. The minimum absolute atomic E-state index is 0.178. The first-order valence-electron chi connectivity index (χ1n) is 7.16. The Morgan fingerprint density at radius 3 is 2.82 bits per heavy atom. The van der Waals surface area contributed by atoms with E-state index in [4.69, 9.17) is 0 Å². The van der Waals surface area contributed by atoms with Crippen molar-refractivity contribution in [2.75, 3.05) is 25.0 Å². The number of sulfonamides is 1. The summed E-state index contributed by atoms with van der Waals surface area (Å²) in [5.74, 6) is 0.116. The van der Waals surface area contributed by atoms with E-state index in [0.29, 0.717) is 22.6 Å². The van der Waals surface area contributed by atoms with Crippen LogP contribution in [0.25, 0.3) is 0 Å². The number of nitrogens with one attached hydrogen (secondary N) is 3. The highest BCUT2D eigenvalue weighted by Crippen LogP contribution is 2.25. The van der Waals surface area contributed by atoms with Crippen LogP contribution in [0.3, 0.4) is 0 Å². The third kappa shape index (κ3) is 4.77. The van der Waals surface area contributed by atoms with Gasteiger partial charge in [0.2, 0.25) is 15.9 Å². The molecule has 1 aromatic rings. The van der Waals surface area contributed by atoms with Crippen molar-refractivity contribution < 1.29 is 13.2 Å². The van der Waals surface area contributed by atoms with E-state index in [9.17, 15) is 13.2 Å². The van der Waals surface area contributed by atoms with Gasteiger partial charge in [0.15, 0.2) is 0 Å². The molecule has 1 aliphatic heterocycles. The number of anilines is 1. The standard InChI is InChI=1S/C14H20BrN3O3S/c1-10(19)18-14-5-4-12(7-13(14)15)22(20,21)17-9-11-3-2-6-16-8-11/h4-5,7,11,16-17H,2-3,6,8-9H2,1H3,(H,18,19). The quantitative estimate of drug-likeness (QED) is 0.714. The Kier molecular flexibility index (Phi) is 5.96. The number of hydrogen-bond acceptors (Lipinski definition) is 4. The Hall–Kier alpha value is -0.960. The summed E-state index contributed by atoms with van der Waals surface area (Å²) in [6, 6.07) is 4.55. The van der Waals surface area contributed by atoms with E-state index in [-0.39, 0.29) is 10.8 Å². The fourth-order valence-corrected chi connectivity index (χ4v) is 4.13. The number of carbonyl (C=O) groups is 1. The molecular weight excluding hydrogens is 370 g/mol. The van der Waals surface area contributed by atoms with Crippen LogP contribution in [0, 0.1) is 5.92 Å². The van der Waals surface area contributed by atoms with E-state index in [1.165, 1.54) is 19.1 Å². The number of rotatable bonds is 5. The molecule has 1 amide bonds. The second-order valence-electron chi connectivity index (χ2n) is 5.39. The maximum atomic E-state index is 12.3. The van der Waals surface area contributed by atoms with Crippen LogP contribution in [0.4, 0.5) is 5.69 Å². The molecule has 8 heteroatoms. The van der Waals surface area contributed by atoms with Crippen molar-refractivity contribution in [1.82, 2.24) is 10.0 Å². The molecule has 0 spiro atoms. The third-order valence-electron chi connectivity index (χ3n) is 3.52. The van der Waals surface area contributed by atoms with Crippen LogP contribution in [0.15, 0.2) is 27.6 Å². The van der Waals surface area contributed by atoms with Crippen molar-refractivity contribution in [3.05, 3.63) is 22.7 Å². The maximum absolute atomic E-state index is 12.3. The zero-order valence-electron chi connectivity index (χ0n) is 12.4. The van der Waals surface area contributed by atoms with Gasteiger partial charge in [0.25, 0.3) is 0 Å². The van der Waals surface area contributed by atoms with Crippen LogP contribution in [0.2, 0.25) is 0 Å². The number of carbonyl (C=O) groups excluding carboxylic acids is 1. The molecule has 2 rings (SSSR count). The van der Waals surface area contributed by atoms with Gasteiger partial charge in [0.05, 0.1) is 10.6 Å². The summed E-state index contributed by atoms with van der Waals surface area (Å²) in [5, 5.41) is 5.89. The van der Waals surface area contributed by atoms with Crippen molar-refractivity contribution in [3.8, 4) is 0 Å². The molecular formula is C14H20BrN3O3S. The summed E-state index contributed by atoms with van der Waals surface area (Å²) in [4.78, 5) is 11.2. The SMILES string of the molecule is CC(=O)Nc1ccc(S(=O)(=O)NCC2CCCNC2)cc1Br. The summed E-state index contributed by atoms with van der Waals surface area (Å²) in [6.45, 7) is 3.67. The fourth-order valence-electron chi connectivity index (χ4n) is 2.36. The Morgan fingerprint density at radius 2 is 2.23 bits per heavy atom. The zero-order valence-corrected chi connectivity index (χ0v) is 14.8. The van der Waals surface area contributed by atoms with Gasteiger partial charge in [-0.05, 0) is 66.0 Å². The highest BCUT2D eigenvalue weighted by molar-refractivity contribution is 9.10. The van der Waals surface area contributed by atoms with Gasteiger partial charge in [-0.1, -0.05) is 0 Å². The minimum Gasteiger partial charge on any atom is -0.325 e. The topological polar surface area (TPSA) is 87.3 Å². The lowest BCUT2D eigenvalue weighted by atomic mass is 10.0. The van der Waals surface area contributed by atoms with Crippen molar-refractivity contribution >= 4 is 37.5 Å². The molecule has 122 valence electrons. The monoisotopic (exact) mass is 389 g/mol. The summed E-state index contributed by atoms with van der Waals surface area (Å²) in [6.07, 6.45) is 2.10. The van der Waals surface area contributed by atoms with Gasteiger partial charge in [-0.15, -0.1) is 0 Å². The number of benzene rings is 1. The Bertz CT molecular complexity index is 643. The van der Waals surface area contributed by atoms with E-state index < -0.39 is 10.0 Å². The smallest absolute Gasteiger partial charge is 0.240 e. The molecule has 0 saturated carbocycles. The first kappa shape index (κ1) is 17.4. The van der Waals surface area contributed by atoms with Crippen molar-refractivity contribution in [1.29, 1.82) is 0 Å². The molecule has 6 nitrogen and oxygen atoms in total. The van der Waals surface area contributed by atoms with E-state index in [2.05, 4.69) is 31.3 Å². The van der Waals surface area contributed by atoms with Crippen LogP contribution < -0.4 is 15.4 Å². The zero-order chi connectivity index (χ0) is 16.2. The van der Waals surface area contributed by atoms with Crippen LogP contribution >= 0.6 is 15.9 Å². The number of halogens is 1. The van der Waals surface area contributed by atoms with Crippen molar-refractivity contribution in [2.45, 2.75) is 24.7 Å². The van der Waals surface area contributed by atoms with Crippen LogP contribution in [-0.2, 0) is 14.8 Å². The molecule has 1 unspecified atom stereocenters. The summed E-state index contributed by atoms with van der Waals surface area (Å²) in [5.41, 5.74) is 0.544. The highest BCUT2D eigenvalue weighted by Gasteiger charge is 2.19. The maximum Gasteiger partial charge on any atom is 0.240 e. The lowest BCUT2D eigenvalue weighted by Gasteiger charge is -2.22. The van der Waals surface area contributed by atoms with Crippen molar-refractivity contribution in [3.63, 3.8) is 0 Å². The number of piperidine rings is 1. The second kappa shape index (κ2) is 7.54. The van der Waals surface area contributed by atoms with Crippen LogP contribution in [0.5, 0.6) is 0 Å². The predicted octanol–water partition coefficient (Wildman–Crippen LogP) is 1.69. The lowest BCUT2D eigenvalue weighted by molar-refractivity contribution is -0.114. The predicted molar refractivity (Wildman–Crippen MR) is 89.2 cm³/mol. The number of hydrogen-bond donors (Lipinski definition) is 3. The van der Waals surface area contributed by atoms with Gasteiger partial charge < -0.3 is 10.6 Å². The minimum atomic E-state index is -3.55. The average Bonchev–Trinajstić information content (AvgIpc) is 2.48. The molecule has 0 aliphatic carbocycles. The molecule has 1 fully saturated rings. The Labute approximate surface area is 139 Å². The Morgan fingerprint density at radius 1 is 1.45 bits per heavy atom. The molecule has 1 heterocycles. The average molecular weight is 390 g/mol. The molecule has 0 aromatic heterocycles. The van der Waals surface area contributed by atoms with Gasteiger partial charge in [-0.2, -0.15) is 0 Å². The molecule has 1 atom stereocenters. The van der Waals surface area contributed by atoms with E-state index in [1.54, 1.807) is 6.07 Å². The normalized spacial score (nSPS) is 18.9. The highest BCUT2D eigenvalue weighted by atomic mass is 79.9. The fraction of sp³-hybridized carbons (Fsp3) is 0.500. The largest absolute Gasteiger partial charge is 0.325 e. The van der Waals surface area contributed by atoms with E-state index in [1.807, 2.05) is 0 Å². The summed E-state index contributed by atoms with van der Waals surface area (Å²) < 4.78 is 27.8. The van der Waals surface area contributed by atoms with Gasteiger partial charge in [-0.3, -0.25) is 4.79 Å². The van der Waals surface area contributed by atoms with E-state index in [0.717, 1.165) is 25.9 Å². The molecule has 1 aromatic carbocycles. The van der Waals surface area contributed by atoms with Gasteiger partial charge in [-0.25, -0.2) is 13.1 Å². The summed E-state index contributed by atoms with van der Waals surface area (Å²) in [7, 11) is -3.55.